The van der Waals surface area contributed by atoms with E-state index in [1.807, 2.05) is 60.4 Å². The molecule has 2 aromatic rings. The van der Waals surface area contributed by atoms with E-state index in [1.165, 1.54) is 0 Å². The fourth-order valence-electron chi connectivity index (χ4n) is 3.29. The van der Waals surface area contributed by atoms with E-state index in [9.17, 15) is 9.59 Å². The van der Waals surface area contributed by atoms with Crippen molar-refractivity contribution in [2.75, 3.05) is 25.5 Å². The van der Waals surface area contributed by atoms with Crippen molar-refractivity contribution in [3.8, 4) is 5.75 Å². The number of para-hydroxylation sites is 2. The number of anilines is 1. The monoisotopic (exact) mass is 352 g/mol. The fraction of sp³-hybridized carbons (Fsp3) is 0.333. The summed E-state index contributed by atoms with van der Waals surface area (Å²) in [4.78, 5) is 27.0. The summed E-state index contributed by atoms with van der Waals surface area (Å²) < 4.78 is 5.27. The zero-order valence-corrected chi connectivity index (χ0v) is 15.2. The van der Waals surface area contributed by atoms with Crippen LogP contribution in [-0.4, -0.2) is 36.9 Å². The minimum atomic E-state index is -0.0959. The van der Waals surface area contributed by atoms with Crippen LogP contribution >= 0.6 is 0 Å². The van der Waals surface area contributed by atoms with E-state index in [0.717, 1.165) is 5.56 Å². The predicted molar refractivity (Wildman–Crippen MR) is 101 cm³/mol. The molecule has 0 unspecified atom stereocenters. The molecule has 1 aliphatic rings. The van der Waals surface area contributed by atoms with E-state index in [4.69, 9.17) is 4.74 Å². The standard InChI is InChI=1S/C21H24N2O3/c1-15-6-5-7-17(14-15)21(25)23-12-10-16(11-13-23)20(24)22-18-8-3-4-9-19(18)26-2/h3-9,14,16H,10-13H2,1-2H3,(H,22,24). The van der Waals surface area contributed by atoms with Crippen LogP contribution in [0.1, 0.15) is 28.8 Å². The van der Waals surface area contributed by atoms with Crippen molar-refractivity contribution in [3.05, 3.63) is 59.7 Å². The van der Waals surface area contributed by atoms with Gasteiger partial charge in [0, 0.05) is 24.6 Å². The lowest BCUT2D eigenvalue weighted by molar-refractivity contribution is -0.121. The molecular weight excluding hydrogens is 328 g/mol. The Balaban J connectivity index is 1.58. The van der Waals surface area contributed by atoms with Gasteiger partial charge in [0.15, 0.2) is 0 Å². The molecule has 0 spiro atoms. The number of ether oxygens (including phenoxy) is 1. The van der Waals surface area contributed by atoms with E-state index in [1.54, 1.807) is 7.11 Å². The van der Waals surface area contributed by atoms with E-state index in [-0.39, 0.29) is 17.7 Å². The van der Waals surface area contributed by atoms with E-state index in [0.29, 0.717) is 42.9 Å². The zero-order chi connectivity index (χ0) is 18.5. The number of likely N-dealkylation sites (tertiary alicyclic amines) is 1. The molecule has 2 amide bonds. The summed E-state index contributed by atoms with van der Waals surface area (Å²) in [5.74, 6) is 0.573. The number of hydrogen-bond acceptors (Lipinski definition) is 3. The van der Waals surface area contributed by atoms with Gasteiger partial charge in [0.2, 0.25) is 5.91 Å². The highest BCUT2D eigenvalue weighted by molar-refractivity contribution is 5.96. The van der Waals surface area contributed by atoms with Crippen molar-refractivity contribution in [1.82, 2.24) is 4.90 Å². The topological polar surface area (TPSA) is 58.6 Å². The molecule has 0 aromatic heterocycles. The molecular formula is C21H24N2O3. The van der Waals surface area contributed by atoms with E-state index in [2.05, 4.69) is 5.32 Å². The van der Waals surface area contributed by atoms with Gasteiger partial charge in [0.1, 0.15) is 5.75 Å². The number of aryl methyl sites for hydroxylation is 1. The maximum Gasteiger partial charge on any atom is 0.253 e. The van der Waals surface area contributed by atoms with Gasteiger partial charge in [-0.1, -0.05) is 29.8 Å². The van der Waals surface area contributed by atoms with E-state index >= 15 is 0 Å². The predicted octanol–water partition coefficient (Wildman–Crippen LogP) is 3.49. The summed E-state index contributed by atoms with van der Waals surface area (Å²) in [6.45, 7) is 3.17. The molecule has 0 radical (unpaired) electrons. The molecule has 2 aromatic carbocycles. The lowest BCUT2D eigenvalue weighted by Gasteiger charge is -2.31. The Morgan fingerprint density at radius 3 is 2.50 bits per heavy atom. The summed E-state index contributed by atoms with van der Waals surface area (Å²) in [6.07, 6.45) is 1.33. The molecule has 1 saturated heterocycles. The van der Waals surface area contributed by atoms with Gasteiger partial charge in [-0.2, -0.15) is 0 Å². The number of benzene rings is 2. The summed E-state index contributed by atoms with van der Waals surface area (Å²) in [7, 11) is 1.58. The number of nitrogens with one attached hydrogen (secondary N) is 1. The lowest BCUT2D eigenvalue weighted by atomic mass is 9.95. The fourth-order valence-corrected chi connectivity index (χ4v) is 3.29. The SMILES string of the molecule is COc1ccccc1NC(=O)C1CCN(C(=O)c2cccc(C)c2)CC1. The van der Waals surface area contributed by atoms with Gasteiger partial charge in [-0.25, -0.2) is 0 Å². The minimum absolute atomic E-state index is 0.0165. The molecule has 1 heterocycles. The molecule has 5 nitrogen and oxygen atoms in total. The highest BCUT2D eigenvalue weighted by Crippen LogP contribution is 2.26. The second-order valence-electron chi connectivity index (χ2n) is 6.63. The summed E-state index contributed by atoms with van der Waals surface area (Å²) in [6, 6.07) is 15.0. The number of carbonyl (C=O) groups is 2. The van der Waals surface area contributed by atoms with Gasteiger partial charge < -0.3 is 15.0 Å². The number of methoxy groups -OCH3 is 1. The quantitative estimate of drug-likeness (QED) is 0.916. The molecule has 1 fully saturated rings. The van der Waals surface area contributed by atoms with Crippen molar-refractivity contribution < 1.29 is 14.3 Å². The number of amides is 2. The van der Waals surface area contributed by atoms with Crippen LogP contribution in [0, 0.1) is 12.8 Å². The number of rotatable bonds is 4. The largest absolute Gasteiger partial charge is 0.495 e. The van der Waals surface area contributed by atoms with Crippen LogP contribution in [0.15, 0.2) is 48.5 Å². The van der Waals surface area contributed by atoms with Gasteiger partial charge in [-0.15, -0.1) is 0 Å². The Hall–Kier alpha value is -2.82. The van der Waals surface area contributed by atoms with Crippen molar-refractivity contribution in [2.24, 2.45) is 5.92 Å². The van der Waals surface area contributed by atoms with Crippen molar-refractivity contribution in [3.63, 3.8) is 0 Å². The van der Waals surface area contributed by atoms with Crippen LogP contribution in [0.4, 0.5) is 5.69 Å². The third kappa shape index (κ3) is 4.04. The Morgan fingerprint density at radius 1 is 1.08 bits per heavy atom. The highest BCUT2D eigenvalue weighted by atomic mass is 16.5. The van der Waals surface area contributed by atoms with Gasteiger partial charge >= 0.3 is 0 Å². The summed E-state index contributed by atoms with van der Waals surface area (Å²) >= 11 is 0. The molecule has 3 rings (SSSR count). The Labute approximate surface area is 154 Å². The van der Waals surface area contributed by atoms with Crippen molar-refractivity contribution >= 4 is 17.5 Å². The highest BCUT2D eigenvalue weighted by Gasteiger charge is 2.28. The Bertz CT molecular complexity index is 795. The molecule has 0 atom stereocenters. The molecule has 0 saturated carbocycles. The summed E-state index contributed by atoms with van der Waals surface area (Å²) in [5, 5.41) is 2.95. The van der Waals surface area contributed by atoms with E-state index < -0.39 is 0 Å². The third-order valence-electron chi connectivity index (χ3n) is 4.78. The second kappa shape index (κ2) is 8.04. The van der Waals surface area contributed by atoms with Gasteiger partial charge in [0.25, 0.3) is 5.91 Å². The van der Waals surface area contributed by atoms with Crippen LogP contribution in [-0.2, 0) is 4.79 Å². The van der Waals surface area contributed by atoms with Crippen LogP contribution in [0.5, 0.6) is 5.75 Å². The Kier molecular flexibility index (Phi) is 5.56. The normalized spacial score (nSPS) is 14.8. The second-order valence-corrected chi connectivity index (χ2v) is 6.63. The van der Waals surface area contributed by atoms with Crippen LogP contribution in [0.2, 0.25) is 0 Å². The van der Waals surface area contributed by atoms with Gasteiger partial charge in [-0.05, 0) is 44.0 Å². The Morgan fingerprint density at radius 2 is 1.81 bits per heavy atom. The number of nitrogens with zero attached hydrogens (tertiary/aromatic N) is 1. The van der Waals surface area contributed by atoms with Gasteiger partial charge in [0.05, 0.1) is 12.8 Å². The molecule has 0 aliphatic carbocycles. The van der Waals surface area contributed by atoms with Crippen LogP contribution in [0.3, 0.4) is 0 Å². The molecule has 26 heavy (non-hydrogen) atoms. The molecule has 5 heteroatoms. The maximum atomic E-state index is 12.6. The van der Waals surface area contributed by atoms with Crippen molar-refractivity contribution in [2.45, 2.75) is 19.8 Å². The first-order valence-electron chi connectivity index (χ1n) is 8.88. The van der Waals surface area contributed by atoms with Crippen molar-refractivity contribution in [1.29, 1.82) is 0 Å². The first-order valence-corrected chi connectivity index (χ1v) is 8.88. The average Bonchev–Trinajstić information content (AvgIpc) is 2.68. The smallest absolute Gasteiger partial charge is 0.253 e. The number of carbonyl (C=O) groups excluding carboxylic acids is 2. The zero-order valence-electron chi connectivity index (χ0n) is 15.2. The molecule has 1 aliphatic heterocycles. The van der Waals surface area contributed by atoms with Gasteiger partial charge in [-0.3, -0.25) is 9.59 Å². The molecule has 1 N–H and O–H groups in total. The first kappa shape index (κ1) is 18.0. The maximum absolute atomic E-state index is 12.6. The average molecular weight is 352 g/mol. The number of piperidine rings is 1. The van der Waals surface area contributed by atoms with Crippen LogP contribution in [0.25, 0.3) is 0 Å². The third-order valence-corrected chi connectivity index (χ3v) is 4.78. The van der Waals surface area contributed by atoms with Crippen LogP contribution < -0.4 is 10.1 Å². The molecule has 0 bridgehead atoms. The lowest BCUT2D eigenvalue weighted by Crippen LogP contribution is -2.41. The molecule has 136 valence electrons. The minimum Gasteiger partial charge on any atom is -0.495 e. The first-order chi connectivity index (χ1) is 12.6. The number of hydrogen-bond donors (Lipinski definition) is 1. The summed E-state index contributed by atoms with van der Waals surface area (Å²) in [5.41, 5.74) is 2.46.